The van der Waals surface area contributed by atoms with E-state index in [1.165, 1.54) is 0 Å². The minimum Gasteiger partial charge on any atom is -0.369 e. The minimum atomic E-state index is -0.298. The summed E-state index contributed by atoms with van der Waals surface area (Å²) in [7, 11) is 0. The van der Waals surface area contributed by atoms with E-state index in [2.05, 4.69) is 9.97 Å². The summed E-state index contributed by atoms with van der Waals surface area (Å²) >= 11 is 0. The van der Waals surface area contributed by atoms with Crippen molar-refractivity contribution in [1.82, 2.24) is 9.97 Å². The predicted octanol–water partition coefficient (Wildman–Crippen LogP) is 2.51. The summed E-state index contributed by atoms with van der Waals surface area (Å²) in [5.41, 5.74) is 7.28. The number of hydrogen-bond donors (Lipinski definition) is 1. The number of hydrogen-bond acceptors (Lipinski definition) is 3. The Balaban J connectivity index is 2.46. The number of primary amides is 1. The molecule has 2 aromatic heterocycles. The quantitative estimate of drug-likeness (QED) is 0.876. The molecular formula is C16H19N3O. The molecule has 4 nitrogen and oxygen atoms in total. The van der Waals surface area contributed by atoms with Crippen LogP contribution in [0.15, 0.2) is 48.8 Å². The fourth-order valence-corrected chi connectivity index (χ4v) is 2.47. The molecule has 1 unspecified atom stereocenters. The molecule has 0 fully saturated rings. The first-order valence-corrected chi connectivity index (χ1v) is 6.85. The molecule has 2 N–H and O–H groups in total. The highest BCUT2D eigenvalue weighted by Crippen LogP contribution is 2.32. The van der Waals surface area contributed by atoms with Crippen LogP contribution in [0.4, 0.5) is 0 Å². The molecule has 1 amide bonds. The number of amides is 1. The molecule has 0 saturated heterocycles. The Morgan fingerprint density at radius 3 is 2.00 bits per heavy atom. The van der Waals surface area contributed by atoms with Crippen molar-refractivity contribution < 1.29 is 4.79 Å². The molecule has 104 valence electrons. The van der Waals surface area contributed by atoms with Gasteiger partial charge in [-0.3, -0.25) is 14.8 Å². The maximum atomic E-state index is 11.8. The number of nitrogens with zero attached hydrogens (tertiary/aromatic N) is 2. The number of carbonyl (C=O) groups excluding carboxylic acids is 1. The third-order valence-corrected chi connectivity index (χ3v) is 3.38. The van der Waals surface area contributed by atoms with Gasteiger partial charge in [0.2, 0.25) is 5.91 Å². The van der Waals surface area contributed by atoms with E-state index in [1.54, 1.807) is 12.4 Å². The Morgan fingerprint density at radius 2 is 1.65 bits per heavy atom. The molecular weight excluding hydrogens is 250 g/mol. The third kappa shape index (κ3) is 3.20. The van der Waals surface area contributed by atoms with Crippen molar-refractivity contribution in [2.24, 2.45) is 11.7 Å². The summed E-state index contributed by atoms with van der Waals surface area (Å²) in [4.78, 5) is 20.6. The molecule has 0 aliphatic carbocycles. The van der Waals surface area contributed by atoms with Crippen molar-refractivity contribution in [3.05, 3.63) is 60.2 Å². The summed E-state index contributed by atoms with van der Waals surface area (Å²) in [6, 6.07) is 11.4. The van der Waals surface area contributed by atoms with Gasteiger partial charge in [-0.25, -0.2) is 0 Å². The van der Waals surface area contributed by atoms with E-state index in [9.17, 15) is 4.79 Å². The number of rotatable bonds is 6. The van der Waals surface area contributed by atoms with Crippen molar-refractivity contribution in [2.75, 3.05) is 0 Å². The molecule has 1 atom stereocenters. The lowest BCUT2D eigenvalue weighted by molar-refractivity contribution is -0.122. The Labute approximate surface area is 119 Å². The van der Waals surface area contributed by atoms with Crippen LogP contribution >= 0.6 is 0 Å². The monoisotopic (exact) mass is 269 g/mol. The predicted molar refractivity (Wildman–Crippen MR) is 77.9 cm³/mol. The Morgan fingerprint density at radius 1 is 1.10 bits per heavy atom. The maximum Gasteiger partial charge on any atom is 0.221 e. The molecule has 20 heavy (non-hydrogen) atoms. The van der Waals surface area contributed by atoms with Gasteiger partial charge in [-0.2, -0.15) is 0 Å². The first-order valence-electron chi connectivity index (χ1n) is 6.85. The summed E-state index contributed by atoms with van der Waals surface area (Å²) in [6.07, 6.45) is 5.08. The van der Waals surface area contributed by atoms with E-state index in [0.29, 0.717) is 0 Å². The first-order chi connectivity index (χ1) is 9.74. The van der Waals surface area contributed by atoms with E-state index in [1.807, 2.05) is 43.3 Å². The molecule has 2 rings (SSSR count). The number of carbonyl (C=O) groups is 1. The van der Waals surface area contributed by atoms with Gasteiger partial charge in [0, 0.05) is 12.4 Å². The zero-order valence-corrected chi connectivity index (χ0v) is 11.6. The van der Waals surface area contributed by atoms with E-state index >= 15 is 0 Å². The van der Waals surface area contributed by atoms with Crippen LogP contribution in [0.2, 0.25) is 0 Å². The third-order valence-electron chi connectivity index (χ3n) is 3.38. The number of nitrogens with two attached hydrogens (primary N) is 1. The summed E-state index contributed by atoms with van der Waals surface area (Å²) < 4.78 is 0. The normalized spacial score (nSPS) is 12.3. The largest absolute Gasteiger partial charge is 0.369 e. The zero-order valence-electron chi connectivity index (χ0n) is 11.6. The molecule has 0 aliphatic rings. The fraction of sp³-hybridized carbons (Fsp3) is 0.312. The topological polar surface area (TPSA) is 68.9 Å². The Hall–Kier alpha value is -2.23. The lowest BCUT2D eigenvalue weighted by Crippen LogP contribution is -2.30. The number of pyridine rings is 2. The highest BCUT2D eigenvalue weighted by atomic mass is 16.1. The molecule has 0 aliphatic heterocycles. The molecule has 0 saturated carbocycles. The van der Waals surface area contributed by atoms with Crippen molar-refractivity contribution >= 4 is 5.91 Å². The van der Waals surface area contributed by atoms with Crippen LogP contribution in [0.1, 0.15) is 37.1 Å². The van der Waals surface area contributed by atoms with Crippen molar-refractivity contribution in [3.8, 4) is 0 Å². The van der Waals surface area contributed by atoms with Gasteiger partial charge in [-0.1, -0.05) is 25.5 Å². The van der Waals surface area contributed by atoms with E-state index < -0.39 is 0 Å². The van der Waals surface area contributed by atoms with Crippen LogP contribution in [0, 0.1) is 5.92 Å². The molecule has 0 bridgehead atoms. The molecule has 0 aromatic carbocycles. The average Bonchev–Trinajstić information content (AvgIpc) is 2.49. The highest BCUT2D eigenvalue weighted by molar-refractivity contribution is 5.78. The van der Waals surface area contributed by atoms with Crippen LogP contribution in [0.25, 0.3) is 0 Å². The van der Waals surface area contributed by atoms with E-state index in [0.717, 1.165) is 24.2 Å². The van der Waals surface area contributed by atoms with Gasteiger partial charge in [0.05, 0.1) is 23.2 Å². The van der Waals surface area contributed by atoms with Crippen LogP contribution in [0.3, 0.4) is 0 Å². The number of aromatic nitrogens is 2. The molecule has 0 radical (unpaired) electrons. The Bertz CT molecular complexity index is 503. The van der Waals surface area contributed by atoms with Gasteiger partial charge in [0.25, 0.3) is 0 Å². The standard InChI is InChI=1S/C16H19N3O/c1-2-7-12(16(17)20)15(13-8-3-5-10-18-13)14-9-4-6-11-19-14/h3-6,8-12,15H,2,7H2,1H3,(H2,17,20). The summed E-state index contributed by atoms with van der Waals surface area (Å²) in [5, 5.41) is 0. The molecule has 2 heterocycles. The highest BCUT2D eigenvalue weighted by Gasteiger charge is 2.30. The minimum absolute atomic E-state index is 0.185. The van der Waals surface area contributed by atoms with Gasteiger partial charge in [0.15, 0.2) is 0 Å². The maximum absolute atomic E-state index is 11.8. The zero-order chi connectivity index (χ0) is 14.4. The second-order valence-electron chi connectivity index (χ2n) is 4.78. The van der Waals surface area contributed by atoms with Gasteiger partial charge >= 0.3 is 0 Å². The van der Waals surface area contributed by atoms with Crippen molar-refractivity contribution in [2.45, 2.75) is 25.7 Å². The van der Waals surface area contributed by atoms with Crippen LogP contribution in [-0.4, -0.2) is 15.9 Å². The van der Waals surface area contributed by atoms with Crippen LogP contribution < -0.4 is 5.73 Å². The molecule has 2 aromatic rings. The van der Waals surface area contributed by atoms with Crippen LogP contribution in [0.5, 0.6) is 0 Å². The van der Waals surface area contributed by atoms with Crippen molar-refractivity contribution in [3.63, 3.8) is 0 Å². The van der Waals surface area contributed by atoms with Gasteiger partial charge in [-0.05, 0) is 30.7 Å². The van der Waals surface area contributed by atoms with E-state index in [-0.39, 0.29) is 17.7 Å². The lowest BCUT2D eigenvalue weighted by atomic mass is 9.82. The van der Waals surface area contributed by atoms with E-state index in [4.69, 9.17) is 5.73 Å². The first kappa shape index (κ1) is 14.2. The smallest absolute Gasteiger partial charge is 0.221 e. The van der Waals surface area contributed by atoms with Gasteiger partial charge in [0.1, 0.15) is 0 Å². The summed E-state index contributed by atoms with van der Waals surface area (Å²) in [6.45, 7) is 2.05. The average molecular weight is 269 g/mol. The summed E-state index contributed by atoms with van der Waals surface area (Å²) in [5.74, 6) is -0.771. The fourth-order valence-electron chi connectivity index (χ4n) is 2.47. The molecule has 4 heteroatoms. The van der Waals surface area contributed by atoms with Crippen molar-refractivity contribution in [1.29, 1.82) is 0 Å². The van der Waals surface area contributed by atoms with Gasteiger partial charge < -0.3 is 5.73 Å². The molecule has 0 spiro atoms. The van der Waals surface area contributed by atoms with Crippen LogP contribution in [-0.2, 0) is 4.79 Å². The second-order valence-corrected chi connectivity index (χ2v) is 4.78. The second kappa shape index (κ2) is 6.80. The lowest BCUT2D eigenvalue weighted by Gasteiger charge is -2.23. The Kier molecular flexibility index (Phi) is 4.82. The van der Waals surface area contributed by atoms with Gasteiger partial charge in [-0.15, -0.1) is 0 Å². The SMILES string of the molecule is CCCC(C(N)=O)C(c1ccccn1)c1ccccn1.